The Hall–Kier alpha value is -0.910. The number of carboxylic acid groups (broad SMARTS) is 1. The van der Waals surface area contributed by atoms with Gasteiger partial charge in [-0.1, -0.05) is 20.8 Å². The van der Waals surface area contributed by atoms with E-state index < -0.39 is 23.1 Å². The zero-order valence-electron chi connectivity index (χ0n) is 15.4. The predicted molar refractivity (Wildman–Crippen MR) is 96.0 cm³/mol. The number of nitrogens with one attached hydrogen (secondary N) is 1. The third-order valence-corrected chi connectivity index (χ3v) is 4.36. The van der Waals surface area contributed by atoms with Crippen LogP contribution < -0.4 is 5.32 Å². The van der Waals surface area contributed by atoms with Crippen LogP contribution in [0.5, 0.6) is 0 Å². The van der Waals surface area contributed by atoms with Gasteiger partial charge in [0, 0.05) is 6.54 Å². The van der Waals surface area contributed by atoms with E-state index in [4.69, 9.17) is 4.74 Å². The highest BCUT2D eigenvalue weighted by molar-refractivity contribution is 7.99. The molecule has 6 heteroatoms. The second-order valence-corrected chi connectivity index (χ2v) is 8.73. The van der Waals surface area contributed by atoms with Crippen LogP contribution in [0.3, 0.4) is 0 Å². The van der Waals surface area contributed by atoms with Gasteiger partial charge in [0.1, 0.15) is 5.60 Å². The molecule has 0 aromatic carbocycles. The number of carbonyl (C=O) groups is 2. The van der Waals surface area contributed by atoms with E-state index in [1.807, 2.05) is 13.8 Å². The smallest absolute Gasteiger partial charge is 0.407 e. The van der Waals surface area contributed by atoms with E-state index in [1.54, 1.807) is 32.5 Å². The first kappa shape index (κ1) is 22.1. The maximum Gasteiger partial charge on any atom is 0.407 e. The summed E-state index contributed by atoms with van der Waals surface area (Å²) in [5.74, 6) is 1.37. The van der Waals surface area contributed by atoms with Crippen molar-refractivity contribution in [2.24, 2.45) is 11.3 Å². The summed E-state index contributed by atoms with van der Waals surface area (Å²) in [6, 6.07) is 0. The molecule has 0 aliphatic heterocycles. The topological polar surface area (TPSA) is 75.6 Å². The minimum atomic E-state index is -0.931. The second-order valence-electron chi connectivity index (χ2n) is 7.34. The van der Waals surface area contributed by atoms with Gasteiger partial charge in [-0.05, 0) is 57.5 Å². The summed E-state index contributed by atoms with van der Waals surface area (Å²) in [5, 5.41) is 12.4. The molecule has 0 bridgehead atoms. The maximum atomic E-state index is 11.9. The Morgan fingerprint density at radius 3 is 2.30 bits per heavy atom. The lowest BCUT2D eigenvalue weighted by Crippen LogP contribution is -2.45. The van der Waals surface area contributed by atoms with Crippen LogP contribution in [0.25, 0.3) is 0 Å². The molecule has 5 nitrogen and oxygen atoms in total. The predicted octanol–water partition coefficient (Wildman–Crippen LogP) is 4.16. The Kier molecular flexibility index (Phi) is 9.66. The third kappa shape index (κ3) is 9.74. The number of alkyl carbamates (subject to hydrolysis) is 1. The summed E-state index contributed by atoms with van der Waals surface area (Å²) in [6.07, 6.45) is 1.36. The van der Waals surface area contributed by atoms with Crippen LogP contribution in [0.2, 0.25) is 0 Å². The van der Waals surface area contributed by atoms with Crippen molar-refractivity contribution in [1.29, 1.82) is 0 Å². The highest BCUT2D eigenvalue weighted by atomic mass is 32.2. The van der Waals surface area contributed by atoms with Crippen molar-refractivity contribution in [1.82, 2.24) is 5.32 Å². The number of amides is 1. The van der Waals surface area contributed by atoms with Crippen molar-refractivity contribution in [3.05, 3.63) is 0 Å². The standard InChI is InChI=1S/C17H33NO4S/c1-7-23-10-8-9-17(14(19)20,11-13(2)3)12-18-15(21)22-16(4,5)6/h13H,7-12H2,1-6H3,(H,18,21)(H,19,20). The number of carboxylic acids is 1. The Morgan fingerprint density at radius 2 is 1.87 bits per heavy atom. The molecule has 0 spiro atoms. The van der Waals surface area contributed by atoms with Crippen molar-refractivity contribution >= 4 is 23.8 Å². The number of thioether (sulfide) groups is 1. The van der Waals surface area contributed by atoms with Gasteiger partial charge in [-0.2, -0.15) is 11.8 Å². The Morgan fingerprint density at radius 1 is 1.26 bits per heavy atom. The quantitative estimate of drug-likeness (QED) is 0.580. The SMILES string of the molecule is CCSCCCC(CNC(=O)OC(C)(C)C)(CC(C)C)C(=O)O. The summed E-state index contributed by atoms with van der Waals surface area (Å²) >= 11 is 1.81. The second kappa shape index (κ2) is 10.1. The molecule has 1 atom stereocenters. The molecule has 0 aliphatic rings. The summed E-state index contributed by atoms with van der Waals surface area (Å²) in [4.78, 5) is 23.8. The molecule has 1 amide bonds. The minimum absolute atomic E-state index is 0.103. The highest BCUT2D eigenvalue weighted by Crippen LogP contribution is 2.32. The first-order valence-corrected chi connectivity index (χ1v) is 9.46. The van der Waals surface area contributed by atoms with Crippen molar-refractivity contribution in [2.45, 2.75) is 66.4 Å². The minimum Gasteiger partial charge on any atom is -0.481 e. The molecule has 0 radical (unpaired) electrons. The summed E-state index contributed by atoms with van der Waals surface area (Å²) < 4.78 is 5.21. The van der Waals surface area contributed by atoms with Gasteiger partial charge in [0.25, 0.3) is 0 Å². The van der Waals surface area contributed by atoms with Crippen LogP contribution in [0.1, 0.15) is 60.8 Å². The van der Waals surface area contributed by atoms with E-state index >= 15 is 0 Å². The van der Waals surface area contributed by atoms with E-state index in [9.17, 15) is 14.7 Å². The molecule has 0 saturated carbocycles. The van der Waals surface area contributed by atoms with Gasteiger partial charge in [0.15, 0.2) is 0 Å². The van der Waals surface area contributed by atoms with Gasteiger partial charge in [-0.25, -0.2) is 4.79 Å². The lowest BCUT2D eigenvalue weighted by molar-refractivity contribution is -0.150. The number of carbonyl (C=O) groups excluding carboxylic acids is 1. The third-order valence-electron chi connectivity index (χ3n) is 3.37. The number of ether oxygens (including phenoxy) is 1. The van der Waals surface area contributed by atoms with E-state index in [0.717, 1.165) is 17.9 Å². The molecule has 136 valence electrons. The van der Waals surface area contributed by atoms with E-state index in [0.29, 0.717) is 12.8 Å². The van der Waals surface area contributed by atoms with Gasteiger partial charge in [-0.3, -0.25) is 4.79 Å². The van der Waals surface area contributed by atoms with Crippen LogP contribution >= 0.6 is 11.8 Å². The van der Waals surface area contributed by atoms with Gasteiger partial charge < -0.3 is 15.2 Å². The monoisotopic (exact) mass is 347 g/mol. The van der Waals surface area contributed by atoms with E-state index in [-0.39, 0.29) is 12.5 Å². The Labute approximate surface area is 144 Å². The molecule has 0 heterocycles. The fourth-order valence-electron chi connectivity index (χ4n) is 2.53. The largest absolute Gasteiger partial charge is 0.481 e. The molecule has 0 fully saturated rings. The van der Waals surface area contributed by atoms with Crippen molar-refractivity contribution in [3.8, 4) is 0 Å². The van der Waals surface area contributed by atoms with E-state index in [1.165, 1.54) is 0 Å². The molecular weight excluding hydrogens is 314 g/mol. The highest BCUT2D eigenvalue weighted by Gasteiger charge is 2.39. The maximum absolute atomic E-state index is 11.9. The van der Waals surface area contributed by atoms with Crippen LogP contribution in [0, 0.1) is 11.3 Å². The fraction of sp³-hybridized carbons (Fsp3) is 0.882. The molecule has 0 aromatic rings. The normalized spacial score (nSPS) is 14.4. The van der Waals surface area contributed by atoms with Gasteiger partial charge in [0.05, 0.1) is 5.41 Å². The zero-order valence-corrected chi connectivity index (χ0v) is 16.2. The van der Waals surface area contributed by atoms with Crippen LogP contribution in [-0.2, 0) is 9.53 Å². The summed E-state index contributed by atoms with van der Waals surface area (Å²) in [7, 11) is 0. The molecule has 2 N–H and O–H groups in total. The Balaban J connectivity index is 4.87. The van der Waals surface area contributed by atoms with Gasteiger partial charge >= 0.3 is 12.1 Å². The molecule has 0 saturated heterocycles. The van der Waals surface area contributed by atoms with Crippen molar-refractivity contribution in [2.75, 3.05) is 18.1 Å². The molecule has 23 heavy (non-hydrogen) atoms. The number of hydrogen-bond acceptors (Lipinski definition) is 4. The van der Waals surface area contributed by atoms with Crippen molar-refractivity contribution in [3.63, 3.8) is 0 Å². The number of rotatable bonds is 10. The lowest BCUT2D eigenvalue weighted by atomic mass is 9.76. The molecule has 1 unspecified atom stereocenters. The number of aliphatic carboxylic acids is 1. The van der Waals surface area contributed by atoms with Gasteiger partial charge in [-0.15, -0.1) is 0 Å². The number of hydrogen-bond donors (Lipinski definition) is 2. The average Bonchev–Trinajstić information content (AvgIpc) is 2.38. The fourth-order valence-corrected chi connectivity index (χ4v) is 3.16. The summed E-state index contributed by atoms with van der Waals surface area (Å²) in [6.45, 7) is 11.6. The molecule has 0 aliphatic carbocycles. The molecular formula is C17H33NO4S. The first-order chi connectivity index (χ1) is 10.5. The van der Waals surface area contributed by atoms with Crippen LogP contribution in [0.4, 0.5) is 4.79 Å². The van der Waals surface area contributed by atoms with Crippen LogP contribution in [0.15, 0.2) is 0 Å². The zero-order chi connectivity index (χ0) is 18.1. The first-order valence-electron chi connectivity index (χ1n) is 8.30. The lowest BCUT2D eigenvalue weighted by Gasteiger charge is -2.32. The van der Waals surface area contributed by atoms with Crippen LogP contribution in [-0.4, -0.2) is 40.8 Å². The molecule has 0 rings (SSSR count). The van der Waals surface area contributed by atoms with Crippen molar-refractivity contribution < 1.29 is 19.4 Å². The average molecular weight is 348 g/mol. The summed E-state index contributed by atoms with van der Waals surface area (Å²) in [5.41, 5.74) is -1.52. The molecule has 0 aromatic heterocycles. The Bertz CT molecular complexity index is 379. The van der Waals surface area contributed by atoms with E-state index in [2.05, 4.69) is 12.2 Å². The van der Waals surface area contributed by atoms with Gasteiger partial charge in [0.2, 0.25) is 0 Å².